The molecule has 0 spiro atoms. The van der Waals surface area contributed by atoms with E-state index in [1.807, 2.05) is 25.1 Å². The maximum Gasteiger partial charge on any atom is 0.348 e. The highest BCUT2D eigenvalue weighted by atomic mass is 79.9. The lowest BCUT2D eigenvalue weighted by Crippen LogP contribution is -2.50. The third-order valence-corrected chi connectivity index (χ3v) is 7.63. The lowest BCUT2D eigenvalue weighted by molar-refractivity contribution is -0.130. The van der Waals surface area contributed by atoms with Gasteiger partial charge in [-0.1, -0.05) is 76.1 Å². The molecule has 8 heteroatoms. The van der Waals surface area contributed by atoms with Gasteiger partial charge in [-0.25, -0.2) is 4.79 Å². The summed E-state index contributed by atoms with van der Waals surface area (Å²) in [7, 11) is 0. The summed E-state index contributed by atoms with van der Waals surface area (Å²) in [5.74, 6) is -1.42. The molecule has 3 aliphatic heterocycles. The third kappa shape index (κ3) is 3.63. The number of nitrogens with zero attached hydrogens (tertiary/aromatic N) is 1. The second kappa shape index (κ2) is 9.08. The zero-order chi connectivity index (χ0) is 26.6. The Kier molecular flexibility index (Phi) is 5.81. The van der Waals surface area contributed by atoms with E-state index in [-0.39, 0.29) is 28.0 Å². The van der Waals surface area contributed by atoms with Gasteiger partial charge in [-0.2, -0.15) is 0 Å². The molecule has 1 fully saturated rings. The van der Waals surface area contributed by atoms with Gasteiger partial charge in [-0.05, 0) is 31.5 Å². The minimum Gasteiger partial charge on any atom is -0.422 e. The number of ketones is 2. The average molecular weight is 571 g/mol. The quantitative estimate of drug-likeness (QED) is 0.158. The Morgan fingerprint density at radius 2 is 1.79 bits per heavy atom. The molecule has 0 bridgehead atoms. The summed E-state index contributed by atoms with van der Waals surface area (Å²) >= 11 is 3.38. The lowest BCUT2D eigenvalue weighted by atomic mass is 9.82. The standard InChI is InChI=1S/C30H23BrN2O5/c1-17-8-10-18(11-9-17)26(34)23-25(24-27(35)21-16-20(31)12-13-22(21)38-29(24)36)30(37,19-6-3-2-4-7-19)33-15-5-14-32-28(23)33/h2-4,6-13,16,32,37H,5,14-15H2,1H3. The van der Waals surface area contributed by atoms with Crippen molar-refractivity contribution in [3.63, 3.8) is 0 Å². The first-order valence-corrected chi connectivity index (χ1v) is 13.1. The number of benzene rings is 3. The number of ether oxygens (including phenoxy) is 1. The van der Waals surface area contributed by atoms with Gasteiger partial charge in [0.1, 0.15) is 17.1 Å². The molecule has 0 saturated carbocycles. The van der Waals surface area contributed by atoms with Gasteiger partial charge in [0.25, 0.3) is 0 Å². The van der Waals surface area contributed by atoms with Gasteiger partial charge in [-0.15, -0.1) is 0 Å². The van der Waals surface area contributed by atoms with Gasteiger partial charge in [-0.3, -0.25) is 9.59 Å². The molecule has 1 saturated heterocycles. The predicted molar refractivity (Wildman–Crippen MR) is 143 cm³/mol. The lowest BCUT2D eigenvalue weighted by Gasteiger charge is -2.41. The molecule has 0 aromatic heterocycles. The fraction of sp³-hybridized carbons (Fsp3) is 0.167. The van der Waals surface area contributed by atoms with Crippen molar-refractivity contribution in [2.75, 3.05) is 13.1 Å². The number of carbonyl (C=O) groups excluding carboxylic acids is 3. The van der Waals surface area contributed by atoms with Gasteiger partial charge in [0, 0.05) is 34.3 Å². The topological polar surface area (TPSA) is 95.9 Å². The summed E-state index contributed by atoms with van der Waals surface area (Å²) in [6.45, 7) is 2.89. The van der Waals surface area contributed by atoms with Crippen LogP contribution in [0.2, 0.25) is 0 Å². The van der Waals surface area contributed by atoms with Crippen molar-refractivity contribution >= 4 is 33.5 Å². The van der Waals surface area contributed by atoms with Crippen LogP contribution in [-0.2, 0) is 10.5 Å². The van der Waals surface area contributed by atoms with Crippen LogP contribution in [0.3, 0.4) is 0 Å². The second-order valence-electron chi connectivity index (χ2n) is 9.50. The monoisotopic (exact) mass is 570 g/mol. The van der Waals surface area contributed by atoms with E-state index in [9.17, 15) is 19.5 Å². The molecule has 3 aromatic carbocycles. The fourth-order valence-electron chi connectivity index (χ4n) is 5.33. The van der Waals surface area contributed by atoms with E-state index in [0.717, 1.165) is 5.56 Å². The molecule has 6 rings (SSSR count). The summed E-state index contributed by atoms with van der Waals surface area (Å²) in [6.07, 6.45) is 0.682. The maximum atomic E-state index is 14.2. The zero-order valence-electron chi connectivity index (χ0n) is 20.5. The first-order chi connectivity index (χ1) is 18.3. The van der Waals surface area contributed by atoms with Crippen molar-refractivity contribution < 1.29 is 24.2 Å². The minimum absolute atomic E-state index is 0.0701. The SMILES string of the molecule is Cc1ccc(C(=O)C2=C3NCCCN3C(O)(c3ccccc3)C2=C2C(=O)Oc3ccc(Br)cc3C2=O)cc1. The molecule has 1 atom stereocenters. The Morgan fingerprint density at radius 1 is 1.05 bits per heavy atom. The predicted octanol–water partition coefficient (Wildman–Crippen LogP) is 4.40. The van der Waals surface area contributed by atoms with Crippen LogP contribution in [0.25, 0.3) is 0 Å². The molecule has 2 N–H and O–H groups in total. The van der Waals surface area contributed by atoms with Crippen LogP contribution in [0.4, 0.5) is 0 Å². The highest BCUT2D eigenvalue weighted by Crippen LogP contribution is 2.50. The zero-order valence-corrected chi connectivity index (χ0v) is 22.0. The molecule has 3 aromatic rings. The Hall–Kier alpha value is -4.01. The summed E-state index contributed by atoms with van der Waals surface area (Å²) in [5.41, 5.74) is -0.360. The molecule has 1 unspecified atom stereocenters. The van der Waals surface area contributed by atoms with Crippen LogP contribution >= 0.6 is 15.9 Å². The Balaban J connectivity index is 1.68. The average Bonchev–Trinajstić information content (AvgIpc) is 3.19. The van der Waals surface area contributed by atoms with E-state index in [1.54, 1.807) is 53.4 Å². The Morgan fingerprint density at radius 3 is 2.53 bits per heavy atom. The highest BCUT2D eigenvalue weighted by molar-refractivity contribution is 9.10. The van der Waals surface area contributed by atoms with Crippen molar-refractivity contribution in [3.8, 4) is 5.75 Å². The largest absolute Gasteiger partial charge is 0.422 e. The van der Waals surface area contributed by atoms with Crippen LogP contribution < -0.4 is 10.1 Å². The van der Waals surface area contributed by atoms with Crippen molar-refractivity contribution in [1.29, 1.82) is 0 Å². The first-order valence-electron chi connectivity index (χ1n) is 12.3. The summed E-state index contributed by atoms with van der Waals surface area (Å²) in [4.78, 5) is 43.3. The van der Waals surface area contributed by atoms with Crippen molar-refractivity contribution in [1.82, 2.24) is 10.2 Å². The number of fused-ring (bicyclic) bond motifs is 2. The van der Waals surface area contributed by atoms with Crippen LogP contribution in [0.15, 0.2) is 99.8 Å². The Labute approximate surface area is 227 Å². The molecule has 0 aliphatic carbocycles. The number of rotatable bonds is 3. The number of hydrogen-bond donors (Lipinski definition) is 2. The normalized spacial score (nSPS) is 22.6. The van der Waals surface area contributed by atoms with Crippen molar-refractivity contribution in [3.05, 3.63) is 122 Å². The summed E-state index contributed by atoms with van der Waals surface area (Å²) in [5, 5.41) is 15.8. The number of carbonyl (C=O) groups is 3. The maximum absolute atomic E-state index is 14.2. The number of esters is 1. The molecule has 3 aliphatic rings. The van der Waals surface area contributed by atoms with Crippen molar-refractivity contribution in [2.24, 2.45) is 0 Å². The number of aryl methyl sites for hydroxylation is 1. The number of Topliss-reactive ketones (excluding diaryl/α,β-unsaturated/α-hetero) is 2. The van der Waals surface area contributed by atoms with E-state index < -0.39 is 23.3 Å². The van der Waals surface area contributed by atoms with Gasteiger partial charge < -0.3 is 20.1 Å². The first kappa shape index (κ1) is 24.3. The molecular formula is C30H23BrN2O5. The summed E-state index contributed by atoms with van der Waals surface area (Å²) in [6, 6.07) is 20.6. The number of hydrogen-bond acceptors (Lipinski definition) is 7. The molecule has 0 radical (unpaired) electrons. The highest BCUT2D eigenvalue weighted by Gasteiger charge is 2.56. The van der Waals surface area contributed by atoms with Crippen LogP contribution in [0.5, 0.6) is 5.75 Å². The number of nitrogens with one attached hydrogen (secondary N) is 1. The van der Waals surface area contributed by atoms with E-state index in [1.165, 1.54) is 6.07 Å². The third-order valence-electron chi connectivity index (χ3n) is 7.13. The smallest absolute Gasteiger partial charge is 0.348 e. The van der Waals surface area contributed by atoms with E-state index >= 15 is 0 Å². The Bertz CT molecular complexity index is 1580. The molecule has 3 heterocycles. The van der Waals surface area contributed by atoms with Crippen LogP contribution in [0.1, 0.15) is 38.3 Å². The molecule has 190 valence electrons. The van der Waals surface area contributed by atoms with Gasteiger partial charge in [0.05, 0.1) is 11.1 Å². The molecular weight excluding hydrogens is 548 g/mol. The fourth-order valence-corrected chi connectivity index (χ4v) is 5.69. The minimum atomic E-state index is -1.97. The van der Waals surface area contributed by atoms with Gasteiger partial charge in [0.2, 0.25) is 5.78 Å². The molecule has 7 nitrogen and oxygen atoms in total. The van der Waals surface area contributed by atoms with E-state index in [2.05, 4.69) is 21.2 Å². The van der Waals surface area contributed by atoms with E-state index in [0.29, 0.717) is 40.9 Å². The van der Waals surface area contributed by atoms with Crippen LogP contribution in [-0.4, -0.2) is 40.6 Å². The van der Waals surface area contributed by atoms with Crippen molar-refractivity contribution in [2.45, 2.75) is 19.1 Å². The molecule has 38 heavy (non-hydrogen) atoms. The van der Waals surface area contributed by atoms with Gasteiger partial charge in [0.15, 0.2) is 11.5 Å². The molecule has 0 amide bonds. The van der Waals surface area contributed by atoms with Crippen LogP contribution in [0, 0.1) is 6.92 Å². The number of halogens is 1. The second-order valence-corrected chi connectivity index (χ2v) is 10.4. The van der Waals surface area contributed by atoms with E-state index in [4.69, 9.17) is 4.74 Å². The van der Waals surface area contributed by atoms with Gasteiger partial charge >= 0.3 is 5.97 Å². The number of aliphatic hydroxyl groups is 1. The summed E-state index contributed by atoms with van der Waals surface area (Å²) < 4.78 is 6.22.